The third kappa shape index (κ3) is 41.7. The van der Waals surface area contributed by atoms with Gasteiger partial charge in [-0.05, 0) is 48.3 Å². The monoisotopic (exact) mass is 723 g/mol. The Morgan fingerprint density at radius 2 is 1.02 bits per heavy atom. The van der Waals surface area contributed by atoms with Gasteiger partial charge in [-0.2, -0.15) is 0 Å². The zero-order chi connectivity index (χ0) is 37.3. The second-order valence-corrected chi connectivity index (χ2v) is 20.4. The van der Waals surface area contributed by atoms with Crippen LogP contribution in [-0.4, -0.2) is 31.6 Å². The SMILES string of the molecule is CC(CC(C)(C)C)CP(=O)(O)O.CC(CC(C)(C)C)CP(=O)([O-])O.CCCCCCCCCCCCCCCCCCn1cc[n+](C)c1. The van der Waals surface area contributed by atoms with Gasteiger partial charge in [0.15, 0.2) is 0 Å². The molecular weight excluding hydrogens is 642 g/mol. The number of hydrogen-bond donors (Lipinski definition) is 3. The van der Waals surface area contributed by atoms with Crippen LogP contribution in [0, 0.1) is 22.7 Å². The van der Waals surface area contributed by atoms with Gasteiger partial charge in [-0.15, -0.1) is 0 Å². The maximum absolute atomic E-state index is 10.6. The van der Waals surface area contributed by atoms with Gasteiger partial charge in [0.05, 0.1) is 19.8 Å². The summed E-state index contributed by atoms with van der Waals surface area (Å²) in [6.07, 6.45) is 31.1. The molecule has 0 aliphatic heterocycles. The molecule has 0 aromatic carbocycles. The highest BCUT2D eigenvalue weighted by Gasteiger charge is 2.22. The summed E-state index contributed by atoms with van der Waals surface area (Å²) in [5.74, 6) is 0.115. The third-order valence-electron chi connectivity index (χ3n) is 8.11. The molecule has 0 saturated heterocycles. The van der Waals surface area contributed by atoms with E-state index in [1.54, 1.807) is 0 Å². The van der Waals surface area contributed by atoms with E-state index in [0.717, 1.165) is 12.8 Å². The summed E-state index contributed by atoms with van der Waals surface area (Å²) < 4.78 is 25.5. The van der Waals surface area contributed by atoms with Gasteiger partial charge in [0.1, 0.15) is 20.0 Å². The fraction of sp³-hybridized carbons (Fsp3) is 0.921. The summed E-state index contributed by atoms with van der Waals surface area (Å²) in [6, 6.07) is 0. The van der Waals surface area contributed by atoms with Crippen molar-refractivity contribution in [2.75, 3.05) is 12.3 Å². The van der Waals surface area contributed by atoms with E-state index in [2.05, 4.69) is 83.4 Å². The Labute approximate surface area is 297 Å². The fourth-order valence-corrected chi connectivity index (χ4v) is 8.35. The molecule has 0 bridgehead atoms. The molecule has 0 spiro atoms. The first kappa shape index (κ1) is 49.6. The van der Waals surface area contributed by atoms with Gasteiger partial charge in [-0.3, -0.25) is 4.57 Å². The first-order chi connectivity index (χ1) is 22.0. The van der Waals surface area contributed by atoms with Crippen LogP contribution < -0.4 is 9.46 Å². The lowest BCUT2D eigenvalue weighted by Gasteiger charge is -2.26. The molecule has 3 atom stereocenters. The Kier molecular flexibility index (Phi) is 28.1. The number of imidazole rings is 1. The van der Waals surface area contributed by atoms with Crippen molar-refractivity contribution < 1.29 is 33.3 Å². The Hall–Kier alpha value is -0.490. The number of rotatable bonds is 23. The first-order valence-electron chi connectivity index (χ1n) is 19.1. The molecule has 1 aromatic rings. The Balaban J connectivity index is 0. The zero-order valence-electron chi connectivity index (χ0n) is 33.1. The summed E-state index contributed by atoms with van der Waals surface area (Å²) in [5, 5.41) is 0. The number of aromatic nitrogens is 2. The van der Waals surface area contributed by atoms with Crippen molar-refractivity contribution in [2.45, 2.75) is 184 Å². The molecule has 0 saturated carbocycles. The van der Waals surface area contributed by atoms with Crippen molar-refractivity contribution in [1.82, 2.24) is 4.57 Å². The number of unbranched alkanes of at least 4 members (excludes halogenated alkanes) is 15. The van der Waals surface area contributed by atoms with E-state index >= 15 is 0 Å². The molecule has 1 aromatic heterocycles. The van der Waals surface area contributed by atoms with Crippen LogP contribution in [0.1, 0.15) is 178 Å². The highest BCUT2D eigenvalue weighted by Crippen LogP contribution is 2.40. The van der Waals surface area contributed by atoms with E-state index in [1.807, 2.05) is 13.8 Å². The van der Waals surface area contributed by atoms with Crippen molar-refractivity contribution in [3.8, 4) is 0 Å². The largest absolute Gasteiger partial charge is 0.779 e. The van der Waals surface area contributed by atoms with Crippen molar-refractivity contribution in [1.29, 1.82) is 0 Å². The minimum absolute atomic E-state index is 0.00424. The molecule has 8 nitrogen and oxygen atoms in total. The van der Waals surface area contributed by atoms with E-state index < -0.39 is 15.2 Å². The molecule has 1 rings (SSSR count). The van der Waals surface area contributed by atoms with Crippen molar-refractivity contribution >= 4 is 15.2 Å². The summed E-state index contributed by atoms with van der Waals surface area (Å²) in [4.78, 5) is 36.5. The third-order valence-corrected chi connectivity index (χ3v) is 10.3. The van der Waals surface area contributed by atoms with E-state index in [1.165, 1.54) is 109 Å². The minimum Gasteiger partial charge on any atom is -0.779 e. The van der Waals surface area contributed by atoms with Gasteiger partial charge >= 0.3 is 7.60 Å². The number of nitrogens with zero attached hydrogens (tertiary/aromatic N) is 2. The van der Waals surface area contributed by atoms with Gasteiger partial charge < -0.3 is 24.1 Å². The van der Waals surface area contributed by atoms with E-state index in [4.69, 9.17) is 14.7 Å². The molecule has 48 heavy (non-hydrogen) atoms. The maximum Gasteiger partial charge on any atom is 0.325 e. The first-order valence-corrected chi connectivity index (χ1v) is 22.7. The van der Waals surface area contributed by atoms with Crippen molar-refractivity contribution in [2.24, 2.45) is 29.7 Å². The van der Waals surface area contributed by atoms with Crippen LogP contribution in [0.2, 0.25) is 0 Å². The Morgan fingerprint density at radius 1 is 0.667 bits per heavy atom. The van der Waals surface area contributed by atoms with E-state index in [-0.39, 0.29) is 35.0 Å². The molecule has 0 radical (unpaired) electrons. The molecule has 10 heteroatoms. The van der Waals surface area contributed by atoms with E-state index in [9.17, 15) is 14.0 Å². The van der Waals surface area contributed by atoms with Gasteiger partial charge in [0.25, 0.3) is 0 Å². The van der Waals surface area contributed by atoms with Crippen LogP contribution in [0.3, 0.4) is 0 Å². The van der Waals surface area contributed by atoms with Gasteiger partial charge in [-0.25, -0.2) is 9.13 Å². The van der Waals surface area contributed by atoms with Crippen LogP contribution in [0.4, 0.5) is 0 Å². The molecular formula is C38H80N2O6P2. The predicted octanol–water partition coefficient (Wildman–Crippen LogP) is 10.4. The Bertz CT molecular complexity index is 933. The predicted molar refractivity (Wildman–Crippen MR) is 203 cm³/mol. The molecule has 0 aliphatic rings. The zero-order valence-corrected chi connectivity index (χ0v) is 34.9. The fourth-order valence-electron chi connectivity index (χ4n) is 6.50. The number of aryl methyl sites for hydroxylation is 2. The molecule has 3 unspecified atom stereocenters. The molecule has 1 heterocycles. The second-order valence-electron chi connectivity index (χ2n) is 17.0. The van der Waals surface area contributed by atoms with E-state index in [0.29, 0.717) is 0 Å². The topological polar surface area (TPSA) is 127 Å². The van der Waals surface area contributed by atoms with Crippen molar-refractivity contribution in [3.63, 3.8) is 0 Å². The van der Waals surface area contributed by atoms with Gasteiger partial charge in [0.2, 0.25) is 6.33 Å². The molecule has 0 fully saturated rings. The van der Waals surface area contributed by atoms with Crippen LogP contribution >= 0.6 is 15.2 Å². The lowest BCUT2D eigenvalue weighted by atomic mass is 9.86. The molecule has 288 valence electrons. The summed E-state index contributed by atoms with van der Waals surface area (Å²) in [5.41, 5.74) is 0.267. The smallest absolute Gasteiger partial charge is 0.325 e. The highest BCUT2D eigenvalue weighted by atomic mass is 31.2. The highest BCUT2D eigenvalue weighted by molar-refractivity contribution is 7.51. The molecule has 0 amide bonds. The van der Waals surface area contributed by atoms with Crippen LogP contribution in [0.15, 0.2) is 18.7 Å². The van der Waals surface area contributed by atoms with Gasteiger partial charge in [0, 0.05) is 6.16 Å². The molecule has 3 N–H and O–H groups in total. The van der Waals surface area contributed by atoms with Crippen molar-refractivity contribution in [3.05, 3.63) is 18.7 Å². The lowest BCUT2D eigenvalue weighted by molar-refractivity contribution is -0.671. The second kappa shape index (κ2) is 27.2. The standard InChI is InChI=1S/C22H43N2.2C8H19O3P/c1-3-4-5-6-7-8-9-10-11-12-13-14-15-16-17-18-19-24-21-20-23(2)22-24;2*1-7(5-8(2,3)4)6-12(9,10)11/h20-22H,3-19H2,1-2H3;2*7H,5-6H2,1-4H3,(H2,9,10,11)/q+1;;/p-1. The summed E-state index contributed by atoms with van der Waals surface area (Å²) in [7, 11) is -5.78. The average Bonchev–Trinajstić information content (AvgIpc) is 3.29. The Morgan fingerprint density at radius 3 is 1.31 bits per heavy atom. The quantitative estimate of drug-likeness (QED) is 0.0586. The minimum atomic E-state index is -4.06. The average molecular weight is 723 g/mol. The van der Waals surface area contributed by atoms with Crippen LogP contribution in [0.25, 0.3) is 0 Å². The maximum atomic E-state index is 10.6. The van der Waals surface area contributed by atoms with Crippen LogP contribution in [0.5, 0.6) is 0 Å². The van der Waals surface area contributed by atoms with Gasteiger partial charge in [-0.1, -0.05) is 152 Å². The molecule has 0 aliphatic carbocycles. The van der Waals surface area contributed by atoms with Crippen LogP contribution in [-0.2, 0) is 22.7 Å². The summed E-state index contributed by atoms with van der Waals surface area (Å²) >= 11 is 0. The summed E-state index contributed by atoms with van der Waals surface area (Å²) in [6.45, 7) is 19.6. The number of hydrogen-bond acceptors (Lipinski definition) is 3. The normalized spacial score (nSPS) is 14.7. The lowest BCUT2D eigenvalue weighted by Crippen LogP contribution is -2.23.